The lowest BCUT2D eigenvalue weighted by atomic mass is 9.91. The second-order valence-corrected chi connectivity index (χ2v) is 9.94. The van der Waals surface area contributed by atoms with E-state index < -0.39 is 0 Å². The van der Waals surface area contributed by atoms with Crippen molar-refractivity contribution in [2.24, 2.45) is 9.98 Å². The van der Waals surface area contributed by atoms with Crippen molar-refractivity contribution in [1.29, 1.82) is 0 Å². The Labute approximate surface area is 207 Å². The van der Waals surface area contributed by atoms with Crippen LogP contribution in [-0.2, 0) is 6.42 Å². The fourth-order valence-corrected chi connectivity index (χ4v) is 5.12. The van der Waals surface area contributed by atoms with Gasteiger partial charge in [0.1, 0.15) is 11.5 Å². The molecular weight excluding hydrogens is 546 g/mol. The normalized spacial score (nSPS) is 19.5. The maximum absolute atomic E-state index is 10.6. The number of aryl methyl sites for hydroxylation is 1. The van der Waals surface area contributed by atoms with Crippen molar-refractivity contribution in [3.8, 4) is 11.5 Å². The zero-order valence-electron chi connectivity index (χ0n) is 17.5. The van der Waals surface area contributed by atoms with Crippen LogP contribution in [0.2, 0.25) is 10.0 Å². The van der Waals surface area contributed by atoms with Crippen molar-refractivity contribution in [3.63, 3.8) is 0 Å². The van der Waals surface area contributed by atoms with Gasteiger partial charge < -0.3 is 10.2 Å². The molecule has 1 saturated carbocycles. The molecule has 2 atom stereocenters. The fraction of sp³-hybridized carbons (Fsp3) is 0.417. The predicted molar refractivity (Wildman–Crippen MR) is 139 cm³/mol. The van der Waals surface area contributed by atoms with Gasteiger partial charge in [0.25, 0.3) is 0 Å². The molecule has 7 heteroatoms. The summed E-state index contributed by atoms with van der Waals surface area (Å²) in [6, 6.07) is 7.05. The third-order valence-corrected chi connectivity index (χ3v) is 6.80. The minimum absolute atomic E-state index is 0.0157. The summed E-state index contributed by atoms with van der Waals surface area (Å²) in [5.41, 5.74) is 2.12. The first-order chi connectivity index (χ1) is 14.9. The molecule has 3 rings (SSSR count). The SMILES string of the molecule is CCCCc1cc(Cl)cc(/C=N/[C@H]2CCCC[C@@H]2/N=C/c2cc(Cl)cc(I)c2O)c1O. The van der Waals surface area contributed by atoms with Crippen LogP contribution in [0.1, 0.15) is 62.1 Å². The first-order valence-electron chi connectivity index (χ1n) is 10.6. The monoisotopic (exact) mass is 572 g/mol. The second-order valence-electron chi connectivity index (χ2n) is 7.91. The highest BCUT2D eigenvalue weighted by Crippen LogP contribution is 2.30. The lowest BCUT2D eigenvalue weighted by molar-refractivity contribution is 0.390. The number of aliphatic imine (C=N–C) groups is 2. The van der Waals surface area contributed by atoms with Crippen LogP contribution in [0.5, 0.6) is 11.5 Å². The molecule has 2 N–H and O–H groups in total. The largest absolute Gasteiger partial charge is 0.507 e. The quantitative estimate of drug-likeness (QED) is 0.272. The van der Waals surface area contributed by atoms with Gasteiger partial charge in [-0.25, -0.2) is 0 Å². The van der Waals surface area contributed by atoms with Gasteiger partial charge in [-0.2, -0.15) is 0 Å². The van der Waals surface area contributed by atoms with Gasteiger partial charge in [0.15, 0.2) is 0 Å². The van der Waals surface area contributed by atoms with E-state index >= 15 is 0 Å². The molecular formula is C24H27Cl2IN2O2. The molecule has 0 heterocycles. The molecule has 31 heavy (non-hydrogen) atoms. The zero-order chi connectivity index (χ0) is 22.4. The van der Waals surface area contributed by atoms with Crippen LogP contribution in [0.25, 0.3) is 0 Å². The number of unbranched alkanes of at least 4 members (excludes halogenated alkanes) is 1. The minimum atomic E-state index is 0.0157. The van der Waals surface area contributed by atoms with Crippen molar-refractivity contribution in [2.75, 3.05) is 0 Å². The van der Waals surface area contributed by atoms with Crippen LogP contribution < -0.4 is 0 Å². The van der Waals surface area contributed by atoms with Crippen LogP contribution in [0.15, 0.2) is 34.3 Å². The molecule has 0 bridgehead atoms. The van der Waals surface area contributed by atoms with Gasteiger partial charge in [0, 0.05) is 33.6 Å². The van der Waals surface area contributed by atoms with Crippen LogP contribution in [-0.4, -0.2) is 34.7 Å². The third-order valence-electron chi connectivity index (χ3n) is 5.54. The fourth-order valence-electron chi connectivity index (χ4n) is 3.81. The second kappa shape index (κ2) is 11.5. The standard InChI is InChI=1S/C24H27Cl2IN2O2/c1-2-3-6-15-9-18(25)10-16(23(15)30)13-28-21-7-4-5-8-22(21)29-14-17-11-19(26)12-20(27)24(17)31/h9-14,21-22,30-31H,2-8H2,1H3/b28-13+,29-14+/t21-,22-/m0/s1. The molecule has 0 spiro atoms. The molecule has 1 fully saturated rings. The van der Waals surface area contributed by atoms with Crippen LogP contribution in [0, 0.1) is 3.57 Å². The summed E-state index contributed by atoms with van der Waals surface area (Å²) in [5, 5.41) is 22.1. The van der Waals surface area contributed by atoms with E-state index in [1.807, 2.05) is 6.07 Å². The molecule has 0 saturated heterocycles. The Hall–Kier alpha value is -1.31. The summed E-state index contributed by atoms with van der Waals surface area (Å²) >= 11 is 14.5. The third kappa shape index (κ3) is 6.59. The van der Waals surface area contributed by atoms with Crippen LogP contribution in [0.3, 0.4) is 0 Å². The van der Waals surface area contributed by atoms with E-state index in [0.29, 0.717) is 24.7 Å². The first-order valence-corrected chi connectivity index (χ1v) is 12.5. The summed E-state index contributed by atoms with van der Waals surface area (Å²) < 4.78 is 0.695. The maximum Gasteiger partial charge on any atom is 0.137 e. The Kier molecular flexibility index (Phi) is 9.05. The van der Waals surface area contributed by atoms with Crippen molar-refractivity contribution in [3.05, 3.63) is 54.6 Å². The van der Waals surface area contributed by atoms with Gasteiger partial charge >= 0.3 is 0 Å². The van der Waals surface area contributed by atoms with Gasteiger partial charge in [-0.3, -0.25) is 9.98 Å². The topological polar surface area (TPSA) is 65.2 Å². The maximum atomic E-state index is 10.6. The smallest absolute Gasteiger partial charge is 0.137 e. The van der Waals surface area contributed by atoms with E-state index in [0.717, 1.165) is 50.5 Å². The van der Waals surface area contributed by atoms with Gasteiger partial charge in [-0.15, -0.1) is 0 Å². The zero-order valence-corrected chi connectivity index (χ0v) is 21.2. The van der Waals surface area contributed by atoms with E-state index in [2.05, 4.69) is 29.5 Å². The average Bonchev–Trinajstić information content (AvgIpc) is 2.75. The van der Waals surface area contributed by atoms with Crippen molar-refractivity contribution in [2.45, 2.75) is 64.0 Å². The summed E-state index contributed by atoms with van der Waals surface area (Å²) in [7, 11) is 0. The highest BCUT2D eigenvalue weighted by atomic mass is 127. The molecule has 1 aliphatic rings. The number of hydrogen-bond donors (Lipinski definition) is 2. The Balaban J connectivity index is 1.80. The Morgan fingerprint density at radius 3 is 2.06 bits per heavy atom. The summed E-state index contributed by atoms with van der Waals surface area (Å²) in [6.07, 6.45) is 10.3. The van der Waals surface area contributed by atoms with E-state index in [9.17, 15) is 10.2 Å². The van der Waals surface area contributed by atoms with Gasteiger partial charge in [-0.05, 0) is 78.1 Å². The van der Waals surface area contributed by atoms with Crippen molar-refractivity contribution >= 4 is 58.2 Å². The number of phenols is 2. The van der Waals surface area contributed by atoms with Crippen LogP contribution in [0.4, 0.5) is 0 Å². The highest BCUT2D eigenvalue weighted by Gasteiger charge is 2.23. The molecule has 4 nitrogen and oxygen atoms in total. The van der Waals surface area contributed by atoms with Crippen molar-refractivity contribution < 1.29 is 10.2 Å². The predicted octanol–water partition coefficient (Wildman–Crippen LogP) is 7.20. The number of hydrogen-bond acceptors (Lipinski definition) is 4. The first kappa shape index (κ1) is 24.3. The molecule has 2 aromatic rings. The number of aromatic hydroxyl groups is 2. The van der Waals surface area contributed by atoms with Gasteiger partial charge in [0.2, 0.25) is 0 Å². The van der Waals surface area contributed by atoms with Crippen LogP contribution >= 0.6 is 45.8 Å². The molecule has 0 aromatic heterocycles. The summed E-state index contributed by atoms with van der Waals surface area (Å²) in [6.45, 7) is 2.12. The number of nitrogens with zero attached hydrogens (tertiary/aromatic N) is 2. The number of benzene rings is 2. The lowest BCUT2D eigenvalue weighted by Crippen LogP contribution is -2.27. The summed E-state index contributed by atoms with van der Waals surface area (Å²) in [4.78, 5) is 9.52. The number of halogens is 3. The Morgan fingerprint density at radius 2 is 1.48 bits per heavy atom. The van der Waals surface area contributed by atoms with E-state index in [1.165, 1.54) is 0 Å². The number of rotatable bonds is 7. The molecule has 2 aromatic carbocycles. The Morgan fingerprint density at radius 1 is 0.935 bits per heavy atom. The molecule has 0 aliphatic heterocycles. The molecule has 1 aliphatic carbocycles. The Bertz CT molecular complexity index is 979. The molecule has 0 unspecified atom stereocenters. The van der Waals surface area contributed by atoms with E-state index in [-0.39, 0.29) is 23.6 Å². The molecule has 0 amide bonds. The average molecular weight is 573 g/mol. The number of phenolic OH excluding ortho intramolecular Hbond substituents is 2. The van der Waals surface area contributed by atoms with Gasteiger partial charge in [-0.1, -0.05) is 49.4 Å². The summed E-state index contributed by atoms with van der Waals surface area (Å²) in [5.74, 6) is 0.448. The lowest BCUT2D eigenvalue weighted by Gasteiger charge is -2.25. The highest BCUT2D eigenvalue weighted by molar-refractivity contribution is 14.1. The van der Waals surface area contributed by atoms with E-state index in [1.54, 1.807) is 30.6 Å². The van der Waals surface area contributed by atoms with E-state index in [4.69, 9.17) is 33.2 Å². The molecule has 166 valence electrons. The van der Waals surface area contributed by atoms with Gasteiger partial charge in [0.05, 0.1) is 15.7 Å². The minimum Gasteiger partial charge on any atom is -0.507 e. The van der Waals surface area contributed by atoms with Crippen molar-refractivity contribution in [1.82, 2.24) is 0 Å². The molecule has 0 radical (unpaired) electrons.